The molecule has 0 aliphatic rings. The van der Waals surface area contributed by atoms with Crippen LogP contribution in [0.3, 0.4) is 0 Å². The van der Waals surface area contributed by atoms with E-state index in [0.29, 0.717) is 17.1 Å². The Bertz CT molecular complexity index is 1260. The average molecular weight is 389 g/mol. The fourth-order valence-electron chi connectivity index (χ4n) is 2.77. The zero-order valence-electron chi connectivity index (χ0n) is 15.0. The maximum absolute atomic E-state index is 12.6. The van der Waals surface area contributed by atoms with Crippen LogP contribution in [-0.2, 0) is 6.54 Å². The second-order valence-corrected chi connectivity index (χ2v) is 6.88. The van der Waals surface area contributed by atoms with Gasteiger partial charge in [-0.05, 0) is 18.2 Å². The number of benzene rings is 2. The molecule has 6 nitrogen and oxygen atoms in total. The van der Waals surface area contributed by atoms with Gasteiger partial charge in [-0.15, -0.1) is 6.42 Å². The molecule has 0 saturated carbocycles. The van der Waals surface area contributed by atoms with Gasteiger partial charge in [-0.3, -0.25) is 4.79 Å². The molecule has 0 saturated heterocycles. The number of carbonyl (C=O) groups excluding carboxylic acids is 1. The molecule has 0 unspecified atom stereocenters. The Kier molecular flexibility index (Phi) is 4.79. The van der Waals surface area contributed by atoms with Crippen LogP contribution < -0.4 is 9.54 Å². The van der Waals surface area contributed by atoms with Gasteiger partial charge in [0, 0.05) is 11.6 Å². The van der Waals surface area contributed by atoms with Crippen LogP contribution in [0, 0.1) is 12.3 Å². The van der Waals surface area contributed by atoms with Gasteiger partial charge in [0.15, 0.2) is 16.3 Å². The molecule has 0 radical (unpaired) electrons. The Morgan fingerprint density at radius 2 is 2.11 bits per heavy atom. The number of terminal acetylenes is 1. The molecule has 0 fully saturated rings. The molecule has 0 spiro atoms. The third-order valence-corrected chi connectivity index (χ3v) is 5.17. The molecular formula is C21H15N3O3S. The van der Waals surface area contributed by atoms with E-state index < -0.39 is 5.91 Å². The van der Waals surface area contributed by atoms with E-state index in [2.05, 4.69) is 16.1 Å². The molecule has 7 heteroatoms. The van der Waals surface area contributed by atoms with Crippen molar-refractivity contribution >= 4 is 27.5 Å². The van der Waals surface area contributed by atoms with Crippen molar-refractivity contribution in [3.8, 4) is 29.4 Å². The Hall–Kier alpha value is -3.63. The number of hydrogen-bond acceptors (Lipinski definition) is 5. The van der Waals surface area contributed by atoms with Crippen LogP contribution in [0.2, 0.25) is 0 Å². The molecule has 4 aromatic rings. The van der Waals surface area contributed by atoms with Crippen molar-refractivity contribution < 1.29 is 14.1 Å². The fourth-order valence-corrected chi connectivity index (χ4v) is 3.82. The number of methoxy groups -OCH3 is 1. The van der Waals surface area contributed by atoms with Gasteiger partial charge >= 0.3 is 5.91 Å². The molecule has 28 heavy (non-hydrogen) atoms. The summed E-state index contributed by atoms with van der Waals surface area (Å²) in [5.41, 5.74) is 1.87. The van der Waals surface area contributed by atoms with Gasteiger partial charge in [0.05, 0.1) is 23.9 Å². The molecule has 138 valence electrons. The standard InChI is InChI=1S/C21H15N3O3S/c1-3-11-24-17-10-9-15(26-2)12-19(17)28-21(24)22-20(25)16-13-18(27-23-16)14-7-5-4-6-8-14/h1,4-10,12-13H,11H2,2H3. The zero-order chi connectivity index (χ0) is 19.5. The monoisotopic (exact) mass is 389 g/mol. The SMILES string of the molecule is C#CCn1c(=NC(=O)c2cc(-c3ccccc3)on2)sc2cc(OC)ccc21. The summed E-state index contributed by atoms with van der Waals surface area (Å²) in [6.07, 6.45) is 5.50. The molecule has 2 aromatic heterocycles. The summed E-state index contributed by atoms with van der Waals surface area (Å²) in [6.45, 7) is 0.298. The first-order valence-corrected chi connectivity index (χ1v) is 9.23. The van der Waals surface area contributed by atoms with Crippen molar-refractivity contribution in [2.45, 2.75) is 6.54 Å². The van der Waals surface area contributed by atoms with Gasteiger partial charge in [0.2, 0.25) is 0 Å². The summed E-state index contributed by atoms with van der Waals surface area (Å²) < 4.78 is 13.3. The molecule has 0 aliphatic heterocycles. The second-order valence-electron chi connectivity index (χ2n) is 5.87. The third-order valence-electron chi connectivity index (χ3n) is 4.12. The maximum Gasteiger partial charge on any atom is 0.301 e. The number of rotatable bonds is 4. The predicted molar refractivity (Wildman–Crippen MR) is 107 cm³/mol. The summed E-state index contributed by atoms with van der Waals surface area (Å²) >= 11 is 1.36. The van der Waals surface area contributed by atoms with Crippen LogP contribution >= 0.6 is 11.3 Å². The molecular weight excluding hydrogens is 374 g/mol. The summed E-state index contributed by atoms with van der Waals surface area (Å²) in [6, 6.07) is 16.7. The Labute approximate surface area is 164 Å². The predicted octanol–water partition coefficient (Wildman–Crippen LogP) is 3.74. The fraction of sp³-hybridized carbons (Fsp3) is 0.0952. The van der Waals surface area contributed by atoms with E-state index >= 15 is 0 Å². The smallest absolute Gasteiger partial charge is 0.301 e. The van der Waals surface area contributed by atoms with Crippen molar-refractivity contribution in [1.82, 2.24) is 9.72 Å². The van der Waals surface area contributed by atoms with E-state index in [1.165, 1.54) is 11.3 Å². The third kappa shape index (κ3) is 3.33. The molecule has 0 aliphatic carbocycles. The second kappa shape index (κ2) is 7.55. The summed E-state index contributed by atoms with van der Waals surface area (Å²) in [4.78, 5) is 17.4. The lowest BCUT2D eigenvalue weighted by Crippen LogP contribution is -2.16. The molecule has 2 heterocycles. The molecule has 0 atom stereocenters. The normalized spacial score (nSPS) is 11.5. The first kappa shape index (κ1) is 17.8. The van der Waals surface area contributed by atoms with Crippen molar-refractivity contribution in [2.24, 2.45) is 4.99 Å². The largest absolute Gasteiger partial charge is 0.497 e. The van der Waals surface area contributed by atoms with Gasteiger partial charge in [-0.2, -0.15) is 4.99 Å². The number of nitrogens with zero attached hydrogens (tertiary/aromatic N) is 3. The quantitative estimate of drug-likeness (QED) is 0.499. The van der Waals surface area contributed by atoms with Crippen LogP contribution in [0.25, 0.3) is 21.5 Å². The lowest BCUT2D eigenvalue weighted by molar-refractivity contribution is 0.0989. The van der Waals surface area contributed by atoms with Crippen molar-refractivity contribution in [1.29, 1.82) is 0 Å². The first-order valence-electron chi connectivity index (χ1n) is 8.41. The number of hydrogen-bond donors (Lipinski definition) is 0. The Morgan fingerprint density at radius 3 is 2.86 bits per heavy atom. The van der Waals surface area contributed by atoms with Crippen LogP contribution in [0.5, 0.6) is 5.75 Å². The number of aromatic nitrogens is 2. The van der Waals surface area contributed by atoms with Crippen LogP contribution in [0.1, 0.15) is 10.5 Å². The Morgan fingerprint density at radius 1 is 1.29 bits per heavy atom. The minimum Gasteiger partial charge on any atom is -0.497 e. The number of amides is 1. The molecule has 4 rings (SSSR count). The van der Waals surface area contributed by atoms with Crippen LogP contribution in [0.4, 0.5) is 0 Å². The van der Waals surface area contributed by atoms with Gasteiger partial charge in [0.25, 0.3) is 0 Å². The van der Waals surface area contributed by atoms with Crippen molar-refractivity contribution in [3.05, 3.63) is 65.1 Å². The highest BCUT2D eigenvalue weighted by molar-refractivity contribution is 7.16. The van der Waals surface area contributed by atoms with E-state index in [-0.39, 0.29) is 5.69 Å². The lowest BCUT2D eigenvalue weighted by Gasteiger charge is -2.01. The minimum absolute atomic E-state index is 0.140. The van der Waals surface area contributed by atoms with Gasteiger partial charge in [0.1, 0.15) is 5.75 Å². The van der Waals surface area contributed by atoms with Crippen LogP contribution in [-0.4, -0.2) is 22.7 Å². The maximum atomic E-state index is 12.6. The van der Waals surface area contributed by atoms with Crippen molar-refractivity contribution in [3.63, 3.8) is 0 Å². The summed E-state index contributed by atoms with van der Waals surface area (Å²) in [5.74, 6) is 3.35. The van der Waals surface area contributed by atoms with E-state index in [9.17, 15) is 4.79 Å². The molecule has 0 N–H and O–H groups in total. The van der Waals surface area contributed by atoms with Crippen LogP contribution in [0.15, 0.2) is 64.1 Å². The van der Waals surface area contributed by atoms with Crippen molar-refractivity contribution in [2.75, 3.05) is 7.11 Å². The summed E-state index contributed by atoms with van der Waals surface area (Å²) in [7, 11) is 1.61. The van der Waals surface area contributed by atoms with E-state index in [4.69, 9.17) is 15.7 Å². The van der Waals surface area contributed by atoms with Gasteiger partial charge in [-0.1, -0.05) is 52.7 Å². The zero-order valence-corrected chi connectivity index (χ0v) is 15.8. The molecule has 0 bridgehead atoms. The first-order chi connectivity index (χ1) is 13.7. The average Bonchev–Trinajstić information content (AvgIpc) is 3.34. The summed E-state index contributed by atoms with van der Waals surface area (Å²) in [5, 5.41) is 3.86. The highest BCUT2D eigenvalue weighted by atomic mass is 32.1. The molecule has 1 amide bonds. The van der Waals surface area contributed by atoms with E-state index in [1.807, 2.05) is 53.1 Å². The number of fused-ring (bicyclic) bond motifs is 1. The van der Waals surface area contributed by atoms with E-state index in [0.717, 1.165) is 21.5 Å². The van der Waals surface area contributed by atoms with E-state index in [1.54, 1.807) is 13.2 Å². The van der Waals surface area contributed by atoms with Gasteiger partial charge in [-0.25, -0.2) is 0 Å². The highest BCUT2D eigenvalue weighted by Crippen LogP contribution is 2.23. The topological polar surface area (TPSA) is 69.6 Å². The lowest BCUT2D eigenvalue weighted by atomic mass is 10.1. The number of carbonyl (C=O) groups is 1. The number of ether oxygens (including phenoxy) is 1. The Balaban J connectivity index is 1.75. The van der Waals surface area contributed by atoms with Gasteiger partial charge < -0.3 is 13.8 Å². The highest BCUT2D eigenvalue weighted by Gasteiger charge is 2.14. The number of thiazole rings is 1. The molecule has 2 aromatic carbocycles. The minimum atomic E-state index is -0.491.